The Kier molecular flexibility index (Phi) is 5.80. The number of esters is 2. The van der Waals surface area contributed by atoms with Gasteiger partial charge >= 0.3 is 11.9 Å². The third-order valence-electron chi connectivity index (χ3n) is 4.50. The summed E-state index contributed by atoms with van der Waals surface area (Å²) in [6.45, 7) is 7.41. The van der Waals surface area contributed by atoms with E-state index in [4.69, 9.17) is 9.47 Å². The van der Waals surface area contributed by atoms with Gasteiger partial charge in [-0.1, -0.05) is 36.6 Å². The molecule has 1 fully saturated rings. The molecule has 2 unspecified atom stereocenters. The summed E-state index contributed by atoms with van der Waals surface area (Å²) in [6, 6.07) is 5.98. The van der Waals surface area contributed by atoms with Gasteiger partial charge in [0.05, 0.1) is 11.8 Å². The van der Waals surface area contributed by atoms with Crippen LogP contribution in [0.1, 0.15) is 62.1 Å². The van der Waals surface area contributed by atoms with E-state index in [2.05, 4.69) is 0 Å². The largest absolute Gasteiger partial charge is 0.425 e. The molecular formula is C19H26O4. The normalized spacial score (nSPS) is 17.6. The predicted molar refractivity (Wildman–Crippen MR) is 87.9 cm³/mol. The van der Waals surface area contributed by atoms with Crippen molar-refractivity contribution in [1.29, 1.82) is 0 Å². The van der Waals surface area contributed by atoms with Crippen LogP contribution in [0.15, 0.2) is 18.2 Å². The van der Waals surface area contributed by atoms with E-state index in [1.165, 1.54) is 0 Å². The van der Waals surface area contributed by atoms with Crippen LogP contribution in [0.2, 0.25) is 0 Å². The maximum absolute atomic E-state index is 12.3. The SMILES string of the molecule is Cc1ccc(C(C)C(=O)OC(C)OC(=O)C2CCCC2)c(C)c1. The zero-order valence-electron chi connectivity index (χ0n) is 14.4. The molecule has 0 aromatic heterocycles. The van der Waals surface area contributed by atoms with Gasteiger partial charge in [-0.2, -0.15) is 0 Å². The van der Waals surface area contributed by atoms with Crippen LogP contribution in [-0.4, -0.2) is 18.2 Å². The van der Waals surface area contributed by atoms with Gasteiger partial charge in [-0.05, 0) is 44.7 Å². The van der Waals surface area contributed by atoms with Crippen LogP contribution in [0.25, 0.3) is 0 Å². The fourth-order valence-corrected chi connectivity index (χ4v) is 3.15. The lowest BCUT2D eigenvalue weighted by molar-refractivity contribution is -0.188. The van der Waals surface area contributed by atoms with Crippen molar-refractivity contribution in [2.24, 2.45) is 5.92 Å². The minimum Gasteiger partial charge on any atom is -0.425 e. The van der Waals surface area contributed by atoms with E-state index >= 15 is 0 Å². The zero-order chi connectivity index (χ0) is 17.0. The van der Waals surface area contributed by atoms with Crippen molar-refractivity contribution in [2.75, 3.05) is 0 Å². The molecule has 1 aliphatic rings. The van der Waals surface area contributed by atoms with Crippen molar-refractivity contribution in [2.45, 2.75) is 65.6 Å². The second kappa shape index (κ2) is 7.62. The lowest BCUT2D eigenvalue weighted by Gasteiger charge is -2.20. The van der Waals surface area contributed by atoms with Crippen LogP contribution >= 0.6 is 0 Å². The zero-order valence-corrected chi connectivity index (χ0v) is 14.4. The molecule has 0 aliphatic heterocycles. The van der Waals surface area contributed by atoms with Crippen molar-refractivity contribution in [3.63, 3.8) is 0 Å². The molecule has 0 heterocycles. The lowest BCUT2D eigenvalue weighted by Crippen LogP contribution is -2.27. The van der Waals surface area contributed by atoms with Gasteiger partial charge < -0.3 is 9.47 Å². The fraction of sp³-hybridized carbons (Fsp3) is 0.579. The van der Waals surface area contributed by atoms with Crippen LogP contribution in [0, 0.1) is 19.8 Å². The van der Waals surface area contributed by atoms with Crippen LogP contribution < -0.4 is 0 Å². The van der Waals surface area contributed by atoms with E-state index in [-0.39, 0.29) is 23.8 Å². The first-order chi connectivity index (χ1) is 10.9. The predicted octanol–water partition coefficient (Wildman–Crippen LogP) is 4.03. The van der Waals surface area contributed by atoms with Gasteiger partial charge in [0.2, 0.25) is 6.29 Å². The van der Waals surface area contributed by atoms with E-state index in [0.29, 0.717) is 0 Å². The highest BCUT2D eigenvalue weighted by molar-refractivity contribution is 5.78. The van der Waals surface area contributed by atoms with Gasteiger partial charge in [-0.25, -0.2) is 0 Å². The Balaban J connectivity index is 1.90. The molecule has 126 valence electrons. The molecule has 23 heavy (non-hydrogen) atoms. The topological polar surface area (TPSA) is 52.6 Å². The first-order valence-electron chi connectivity index (χ1n) is 8.36. The number of hydrogen-bond donors (Lipinski definition) is 0. The Hall–Kier alpha value is -1.84. The first-order valence-corrected chi connectivity index (χ1v) is 8.36. The van der Waals surface area contributed by atoms with Crippen LogP contribution in [0.3, 0.4) is 0 Å². The van der Waals surface area contributed by atoms with Crippen molar-refractivity contribution < 1.29 is 19.1 Å². The van der Waals surface area contributed by atoms with Crippen molar-refractivity contribution in [3.8, 4) is 0 Å². The summed E-state index contributed by atoms with van der Waals surface area (Å²) in [6.07, 6.45) is 3.04. The molecule has 4 nitrogen and oxygen atoms in total. The summed E-state index contributed by atoms with van der Waals surface area (Å²) in [5.74, 6) is -1.04. The summed E-state index contributed by atoms with van der Waals surface area (Å²) in [5.41, 5.74) is 3.16. The van der Waals surface area contributed by atoms with Crippen molar-refractivity contribution >= 4 is 11.9 Å². The summed E-state index contributed by atoms with van der Waals surface area (Å²) in [7, 11) is 0. The summed E-state index contributed by atoms with van der Waals surface area (Å²) >= 11 is 0. The Bertz CT molecular complexity index is 573. The third kappa shape index (κ3) is 4.57. The maximum atomic E-state index is 12.3. The number of rotatable bonds is 5. The minimum atomic E-state index is -0.844. The van der Waals surface area contributed by atoms with Gasteiger partial charge in [-0.15, -0.1) is 0 Å². The molecule has 2 rings (SSSR count). The third-order valence-corrected chi connectivity index (χ3v) is 4.50. The summed E-state index contributed by atoms with van der Waals surface area (Å²) < 4.78 is 10.6. The molecule has 1 aromatic carbocycles. The van der Waals surface area contributed by atoms with Gasteiger partial charge in [0.1, 0.15) is 0 Å². The van der Waals surface area contributed by atoms with E-state index in [1.54, 1.807) is 6.92 Å². The molecular weight excluding hydrogens is 292 g/mol. The molecule has 0 saturated heterocycles. The summed E-state index contributed by atoms with van der Waals surface area (Å²) in [5, 5.41) is 0. The van der Waals surface area contributed by atoms with Crippen LogP contribution in [-0.2, 0) is 19.1 Å². The number of benzene rings is 1. The number of carbonyl (C=O) groups is 2. The molecule has 1 saturated carbocycles. The number of carbonyl (C=O) groups excluding carboxylic acids is 2. The van der Waals surface area contributed by atoms with Crippen LogP contribution in [0.5, 0.6) is 0 Å². The Morgan fingerprint density at radius 3 is 2.35 bits per heavy atom. The highest BCUT2D eigenvalue weighted by Crippen LogP contribution is 2.27. The minimum absolute atomic E-state index is 0.0343. The maximum Gasteiger partial charge on any atom is 0.316 e. The van der Waals surface area contributed by atoms with Gasteiger partial charge in [0.15, 0.2) is 0 Å². The highest BCUT2D eigenvalue weighted by atomic mass is 16.7. The molecule has 2 atom stereocenters. The second-order valence-electron chi connectivity index (χ2n) is 6.50. The number of ether oxygens (including phenoxy) is 2. The van der Waals surface area contributed by atoms with Gasteiger partial charge in [0, 0.05) is 6.92 Å². The smallest absolute Gasteiger partial charge is 0.316 e. The van der Waals surface area contributed by atoms with E-state index < -0.39 is 6.29 Å². The van der Waals surface area contributed by atoms with E-state index in [0.717, 1.165) is 42.4 Å². The molecule has 0 spiro atoms. The van der Waals surface area contributed by atoms with Gasteiger partial charge in [-0.3, -0.25) is 9.59 Å². The standard InChI is InChI=1S/C19H26O4/c1-12-9-10-17(13(2)11-12)14(3)18(20)22-15(4)23-19(21)16-7-5-6-8-16/h9-11,14-16H,5-8H2,1-4H3. The first kappa shape index (κ1) is 17.5. The molecule has 0 radical (unpaired) electrons. The molecule has 0 bridgehead atoms. The van der Waals surface area contributed by atoms with E-state index in [1.807, 2.05) is 39.0 Å². The summed E-state index contributed by atoms with van der Waals surface area (Å²) in [4.78, 5) is 24.2. The fourth-order valence-electron chi connectivity index (χ4n) is 3.15. The molecule has 1 aliphatic carbocycles. The number of aryl methyl sites for hydroxylation is 2. The lowest BCUT2D eigenvalue weighted by atomic mass is 9.95. The average Bonchev–Trinajstić information content (AvgIpc) is 3.00. The molecule has 1 aromatic rings. The Labute approximate surface area is 138 Å². The Morgan fingerprint density at radius 1 is 1.09 bits per heavy atom. The van der Waals surface area contributed by atoms with Crippen LogP contribution in [0.4, 0.5) is 0 Å². The second-order valence-corrected chi connectivity index (χ2v) is 6.50. The molecule has 0 N–H and O–H groups in total. The molecule has 4 heteroatoms. The molecule has 0 amide bonds. The van der Waals surface area contributed by atoms with Gasteiger partial charge in [0.25, 0.3) is 0 Å². The number of hydrogen-bond acceptors (Lipinski definition) is 4. The highest BCUT2D eigenvalue weighted by Gasteiger charge is 2.27. The average molecular weight is 318 g/mol. The Morgan fingerprint density at radius 2 is 1.74 bits per heavy atom. The monoisotopic (exact) mass is 318 g/mol. The quantitative estimate of drug-likeness (QED) is 0.607. The van der Waals surface area contributed by atoms with Crippen molar-refractivity contribution in [3.05, 3.63) is 34.9 Å². The van der Waals surface area contributed by atoms with E-state index in [9.17, 15) is 9.59 Å². The van der Waals surface area contributed by atoms with Crippen molar-refractivity contribution in [1.82, 2.24) is 0 Å².